The minimum Gasteiger partial charge on any atom is -0.366 e. The van der Waals surface area contributed by atoms with Crippen LogP contribution in [-0.4, -0.2) is 51.5 Å². The molecule has 1 aromatic heterocycles. The number of hydrogen-bond acceptors (Lipinski definition) is 6. The number of fused-ring (bicyclic) bond motifs is 3. The molecule has 3 unspecified atom stereocenters. The lowest BCUT2D eigenvalue weighted by Gasteiger charge is -2.32. The van der Waals surface area contributed by atoms with Gasteiger partial charge in [-0.15, -0.1) is 0 Å². The van der Waals surface area contributed by atoms with Gasteiger partial charge in [0.25, 0.3) is 0 Å². The Labute approximate surface area is 262 Å². The van der Waals surface area contributed by atoms with Crippen LogP contribution in [0.2, 0.25) is 0 Å². The molecule has 0 radical (unpaired) electrons. The van der Waals surface area contributed by atoms with Gasteiger partial charge in [-0.3, -0.25) is 19.5 Å². The standard InChI is InChI=1S/C36H37N7O2/c1-23-18-32-38-21-29-20-31(25-6-3-2-4-7-25)33(40-35(29)43(32)41-23)26-12-10-24(11-13-26)22-42-16-14-27(15-17-42)36(45)39-30-9-5-8-28(19-30)34(37)44/h2-6,8-13,18-21,25,27,29,35H,7,14-17,22H2,1H3,(H2,37,44)(H,39,45). The Balaban J connectivity index is 1.02. The normalized spacial score (nSPS) is 22.7. The van der Waals surface area contributed by atoms with Gasteiger partial charge in [-0.05, 0) is 68.6 Å². The first-order valence-corrected chi connectivity index (χ1v) is 15.7. The Morgan fingerprint density at radius 3 is 2.62 bits per heavy atom. The Morgan fingerprint density at radius 1 is 1.04 bits per heavy atom. The van der Waals surface area contributed by atoms with Crippen molar-refractivity contribution in [3.05, 3.63) is 113 Å². The third-order valence-corrected chi connectivity index (χ3v) is 9.11. The number of aromatic nitrogens is 2. The van der Waals surface area contributed by atoms with E-state index in [0.29, 0.717) is 11.3 Å². The number of nitrogens with two attached hydrogens (primary N) is 1. The number of likely N-dealkylation sites (tertiary alicyclic amines) is 1. The van der Waals surface area contributed by atoms with Crippen LogP contribution in [-0.2, 0) is 11.3 Å². The number of rotatable bonds is 7. The van der Waals surface area contributed by atoms with Crippen LogP contribution in [0.15, 0.2) is 101 Å². The molecule has 7 rings (SSSR count). The maximum Gasteiger partial charge on any atom is 0.248 e. The molecular formula is C36H37N7O2. The maximum absolute atomic E-state index is 12.9. The van der Waals surface area contributed by atoms with Gasteiger partial charge in [0, 0.05) is 47.5 Å². The van der Waals surface area contributed by atoms with Crippen molar-refractivity contribution in [3.8, 4) is 0 Å². The SMILES string of the molecule is Cc1cc2n(n1)C1N=C(c3ccc(CN4CCC(C(=O)Nc5cccc(C(N)=O)c5)CC4)cc3)C(C3C=CC=CC3)=CC1C=N2. The van der Waals surface area contributed by atoms with Crippen LogP contribution in [0.3, 0.4) is 0 Å². The summed E-state index contributed by atoms with van der Waals surface area (Å²) in [6.07, 6.45) is 15.5. The second-order valence-corrected chi connectivity index (χ2v) is 12.3. The minimum atomic E-state index is -0.509. The van der Waals surface area contributed by atoms with Gasteiger partial charge in [-0.1, -0.05) is 60.7 Å². The van der Waals surface area contributed by atoms with Crippen LogP contribution >= 0.6 is 0 Å². The van der Waals surface area contributed by atoms with Crippen molar-refractivity contribution in [1.29, 1.82) is 0 Å². The highest BCUT2D eigenvalue weighted by Gasteiger charge is 2.34. The number of nitrogens with one attached hydrogen (secondary N) is 1. The highest BCUT2D eigenvalue weighted by Crippen LogP contribution is 2.38. The highest BCUT2D eigenvalue weighted by atomic mass is 16.2. The Kier molecular flexibility index (Phi) is 7.85. The molecule has 9 nitrogen and oxygen atoms in total. The summed E-state index contributed by atoms with van der Waals surface area (Å²) in [5.74, 6) is 0.610. The van der Waals surface area contributed by atoms with E-state index in [0.717, 1.165) is 61.7 Å². The molecule has 1 aliphatic carbocycles. The van der Waals surface area contributed by atoms with E-state index < -0.39 is 5.91 Å². The molecule has 45 heavy (non-hydrogen) atoms. The largest absolute Gasteiger partial charge is 0.366 e. The minimum absolute atomic E-state index is 0.00934. The summed E-state index contributed by atoms with van der Waals surface area (Å²) in [6, 6.07) is 17.6. The third kappa shape index (κ3) is 6.08. The number of allylic oxidation sites excluding steroid dienone is 5. The summed E-state index contributed by atoms with van der Waals surface area (Å²) in [5.41, 5.74) is 11.9. The fourth-order valence-corrected chi connectivity index (χ4v) is 6.69. The van der Waals surface area contributed by atoms with Crippen LogP contribution < -0.4 is 11.1 Å². The molecule has 2 amide bonds. The van der Waals surface area contributed by atoms with Crippen molar-refractivity contribution in [2.45, 2.75) is 38.9 Å². The maximum atomic E-state index is 12.9. The van der Waals surface area contributed by atoms with Gasteiger partial charge in [0.1, 0.15) is 0 Å². The highest BCUT2D eigenvalue weighted by molar-refractivity contribution is 6.14. The van der Waals surface area contributed by atoms with Crippen molar-refractivity contribution in [2.75, 3.05) is 18.4 Å². The Morgan fingerprint density at radius 2 is 1.87 bits per heavy atom. The summed E-state index contributed by atoms with van der Waals surface area (Å²) in [6.45, 7) is 4.52. The first kappa shape index (κ1) is 28.9. The number of anilines is 1. The lowest BCUT2D eigenvalue weighted by Crippen LogP contribution is -2.37. The first-order chi connectivity index (χ1) is 21.9. The van der Waals surface area contributed by atoms with Gasteiger partial charge in [-0.25, -0.2) is 9.67 Å². The summed E-state index contributed by atoms with van der Waals surface area (Å²) in [7, 11) is 0. The molecule has 3 N–H and O–H groups in total. The van der Waals surface area contributed by atoms with Crippen molar-refractivity contribution < 1.29 is 9.59 Å². The van der Waals surface area contributed by atoms with Gasteiger partial charge in [0.05, 0.1) is 17.3 Å². The molecule has 1 fully saturated rings. The summed E-state index contributed by atoms with van der Waals surface area (Å²) in [4.78, 5) is 36.8. The van der Waals surface area contributed by atoms with E-state index in [-0.39, 0.29) is 29.8 Å². The number of aryl methyl sites for hydroxylation is 1. The number of hydrogen-bond donors (Lipinski definition) is 2. The zero-order valence-corrected chi connectivity index (χ0v) is 25.3. The zero-order valence-electron chi connectivity index (χ0n) is 25.3. The molecule has 0 bridgehead atoms. The topological polar surface area (TPSA) is 118 Å². The fourth-order valence-electron chi connectivity index (χ4n) is 6.69. The molecule has 3 atom stereocenters. The average molecular weight is 600 g/mol. The number of nitrogens with zero attached hydrogens (tertiary/aromatic N) is 5. The van der Waals surface area contributed by atoms with E-state index in [1.807, 2.05) is 23.9 Å². The van der Waals surface area contributed by atoms with E-state index in [4.69, 9.17) is 15.8 Å². The summed E-state index contributed by atoms with van der Waals surface area (Å²) < 4.78 is 1.96. The van der Waals surface area contributed by atoms with Gasteiger partial charge >= 0.3 is 0 Å². The van der Waals surface area contributed by atoms with Crippen molar-refractivity contribution in [2.24, 2.45) is 33.5 Å². The number of amides is 2. The Hall–Kier alpha value is -4.89. The van der Waals surface area contributed by atoms with E-state index >= 15 is 0 Å². The summed E-state index contributed by atoms with van der Waals surface area (Å²) >= 11 is 0. The predicted octanol–water partition coefficient (Wildman–Crippen LogP) is 5.53. The third-order valence-electron chi connectivity index (χ3n) is 9.11. The number of primary amides is 1. The van der Waals surface area contributed by atoms with Gasteiger partial charge in [0.15, 0.2) is 12.0 Å². The molecule has 0 spiro atoms. The number of dihydropyridines is 1. The van der Waals surface area contributed by atoms with E-state index in [1.54, 1.807) is 24.3 Å². The molecule has 3 aliphatic heterocycles. The lowest BCUT2D eigenvalue weighted by atomic mass is 9.82. The van der Waals surface area contributed by atoms with Gasteiger partial charge in [-0.2, -0.15) is 5.10 Å². The number of carbonyl (C=O) groups excluding carboxylic acids is 2. The van der Waals surface area contributed by atoms with Crippen molar-refractivity contribution in [1.82, 2.24) is 14.7 Å². The fraction of sp³-hybridized carbons (Fsp3) is 0.306. The zero-order chi connectivity index (χ0) is 30.9. The average Bonchev–Trinajstić information content (AvgIpc) is 3.46. The van der Waals surface area contributed by atoms with E-state index in [2.05, 4.69) is 69.9 Å². The molecule has 3 aromatic rings. The van der Waals surface area contributed by atoms with Crippen LogP contribution in [0, 0.1) is 24.7 Å². The number of piperidine rings is 1. The molecule has 0 saturated carbocycles. The molecule has 4 aliphatic rings. The molecule has 9 heteroatoms. The van der Waals surface area contributed by atoms with Crippen LogP contribution in [0.5, 0.6) is 0 Å². The van der Waals surface area contributed by atoms with E-state index in [1.165, 1.54) is 11.1 Å². The lowest BCUT2D eigenvalue weighted by molar-refractivity contribution is -0.121. The molecular weight excluding hydrogens is 562 g/mol. The van der Waals surface area contributed by atoms with E-state index in [9.17, 15) is 9.59 Å². The van der Waals surface area contributed by atoms with Crippen molar-refractivity contribution >= 4 is 35.2 Å². The second kappa shape index (κ2) is 12.2. The predicted molar refractivity (Wildman–Crippen MR) is 177 cm³/mol. The first-order valence-electron chi connectivity index (χ1n) is 15.7. The molecule has 1 saturated heterocycles. The van der Waals surface area contributed by atoms with Crippen molar-refractivity contribution in [3.63, 3.8) is 0 Å². The second-order valence-electron chi connectivity index (χ2n) is 12.3. The van der Waals surface area contributed by atoms with Gasteiger partial charge < -0.3 is 11.1 Å². The van der Waals surface area contributed by atoms with Crippen LogP contribution in [0.4, 0.5) is 11.5 Å². The smallest absolute Gasteiger partial charge is 0.248 e. The number of benzene rings is 2. The van der Waals surface area contributed by atoms with Gasteiger partial charge in [0.2, 0.25) is 11.8 Å². The molecule has 2 aromatic carbocycles. The van der Waals surface area contributed by atoms with Crippen LogP contribution in [0.1, 0.15) is 52.6 Å². The summed E-state index contributed by atoms with van der Waals surface area (Å²) in [5, 5.41) is 7.68. The quantitative estimate of drug-likeness (QED) is 0.371. The van der Waals surface area contributed by atoms with Crippen LogP contribution in [0.25, 0.3) is 0 Å². The number of carbonyl (C=O) groups is 2. The molecule has 228 valence electrons. The number of aliphatic imine (C=N–C) groups is 2. The monoisotopic (exact) mass is 599 g/mol. The Bertz CT molecular complexity index is 1770. The molecule has 4 heterocycles.